The monoisotopic (exact) mass is 425 g/mol. The fourth-order valence-corrected chi connectivity index (χ4v) is 3.91. The number of carboxylic acids is 1. The van der Waals surface area contributed by atoms with E-state index in [-0.39, 0.29) is 12.4 Å². The quantitative estimate of drug-likeness (QED) is 0.134. The maximum atomic E-state index is 12.3. The van der Waals surface area contributed by atoms with Gasteiger partial charge in [-0.2, -0.15) is 0 Å². The Hall–Kier alpha value is -1.06. The smallest absolute Gasteiger partial charge is 0.309 e. The van der Waals surface area contributed by atoms with Crippen molar-refractivity contribution in [3.63, 3.8) is 0 Å². The van der Waals surface area contributed by atoms with Crippen molar-refractivity contribution in [3.05, 3.63) is 0 Å². The highest BCUT2D eigenvalue weighted by atomic mass is 16.5. The number of rotatable bonds is 23. The highest BCUT2D eigenvalue weighted by Crippen LogP contribution is 2.18. The standard InChI is InChI=1S/C26H50O4/c1-3-5-7-9-11-13-14-15-17-19-21-24(23-25(27)28)26(29)30-22-20-18-16-12-10-8-6-4-2/h24H,3-23H2,1-2H3,(H,27,28)/p-1. The van der Waals surface area contributed by atoms with Gasteiger partial charge in [-0.15, -0.1) is 0 Å². The summed E-state index contributed by atoms with van der Waals surface area (Å²) >= 11 is 0. The summed E-state index contributed by atoms with van der Waals surface area (Å²) in [5.74, 6) is -2.05. The van der Waals surface area contributed by atoms with Gasteiger partial charge in [0.15, 0.2) is 0 Å². The lowest BCUT2D eigenvalue weighted by atomic mass is 9.97. The molecule has 1 atom stereocenters. The van der Waals surface area contributed by atoms with Crippen LogP contribution in [0.4, 0.5) is 0 Å². The van der Waals surface area contributed by atoms with Crippen molar-refractivity contribution in [2.24, 2.45) is 5.92 Å². The number of carbonyl (C=O) groups excluding carboxylic acids is 2. The predicted molar refractivity (Wildman–Crippen MR) is 123 cm³/mol. The molecule has 0 aromatic carbocycles. The number of hydrogen-bond acceptors (Lipinski definition) is 4. The molecule has 0 fully saturated rings. The summed E-state index contributed by atoms with van der Waals surface area (Å²) in [5.41, 5.74) is 0. The number of ether oxygens (including phenoxy) is 1. The average molecular weight is 426 g/mol. The normalized spacial score (nSPS) is 12.1. The van der Waals surface area contributed by atoms with Crippen LogP contribution in [0.15, 0.2) is 0 Å². The molecule has 0 rings (SSSR count). The fraction of sp³-hybridized carbons (Fsp3) is 0.923. The molecule has 1 unspecified atom stereocenters. The van der Waals surface area contributed by atoms with Crippen molar-refractivity contribution in [2.45, 2.75) is 142 Å². The second kappa shape index (κ2) is 22.6. The first-order chi connectivity index (χ1) is 14.6. The zero-order valence-corrected chi connectivity index (χ0v) is 20.1. The summed E-state index contributed by atoms with van der Waals surface area (Å²) in [4.78, 5) is 23.3. The largest absolute Gasteiger partial charge is 0.550 e. The molecule has 0 bridgehead atoms. The molecular weight excluding hydrogens is 376 g/mol. The van der Waals surface area contributed by atoms with Crippen molar-refractivity contribution < 1.29 is 19.4 Å². The number of unbranched alkanes of at least 4 members (excludes halogenated alkanes) is 16. The summed E-state index contributed by atoms with van der Waals surface area (Å²) in [6.07, 6.45) is 22.2. The summed E-state index contributed by atoms with van der Waals surface area (Å²) in [5, 5.41) is 11.0. The van der Waals surface area contributed by atoms with Crippen LogP contribution in [0, 0.1) is 5.92 Å². The lowest BCUT2D eigenvalue weighted by Crippen LogP contribution is -2.29. The molecule has 178 valence electrons. The van der Waals surface area contributed by atoms with Gasteiger partial charge in [0.1, 0.15) is 0 Å². The van der Waals surface area contributed by atoms with Gasteiger partial charge in [-0.3, -0.25) is 4.79 Å². The van der Waals surface area contributed by atoms with Gasteiger partial charge >= 0.3 is 5.97 Å². The van der Waals surface area contributed by atoms with E-state index in [1.165, 1.54) is 89.9 Å². The third-order valence-corrected chi connectivity index (χ3v) is 5.89. The zero-order valence-electron chi connectivity index (χ0n) is 20.1. The molecule has 4 heteroatoms. The third-order valence-electron chi connectivity index (χ3n) is 5.89. The average Bonchev–Trinajstić information content (AvgIpc) is 2.72. The molecule has 0 aromatic rings. The Morgan fingerprint density at radius 2 is 1.03 bits per heavy atom. The van der Waals surface area contributed by atoms with Gasteiger partial charge in [0.05, 0.1) is 12.5 Å². The zero-order chi connectivity index (χ0) is 22.3. The summed E-state index contributed by atoms with van der Waals surface area (Å²) < 4.78 is 5.36. The topological polar surface area (TPSA) is 66.4 Å². The minimum atomic E-state index is -1.16. The van der Waals surface area contributed by atoms with E-state index in [0.717, 1.165) is 25.7 Å². The Balaban J connectivity index is 3.77. The van der Waals surface area contributed by atoms with Gasteiger partial charge < -0.3 is 14.6 Å². The van der Waals surface area contributed by atoms with E-state index in [1.807, 2.05) is 0 Å². The van der Waals surface area contributed by atoms with Crippen molar-refractivity contribution in [1.82, 2.24) is 0 Å². The van der Waals surface area contributed by atoms with E-state index < -0.39 is 11.9 Å². The SMILES string of the molecule is CCCCCCCCCCCCC(CC(=O)[O-])C(=O)OCCCCCCCCCC. The molecule has 0 aliphatic heterocycles. The highest BCUT2D eigenvalue weighted by Gasteiger charge is 2.19. The molecule has 0 aromatic heterocycles. The minimum Gasteiger partial charge on any atom is -0.550 e. The molecule has 30 heavy (non-hydrogen) atoms. The Labute approximate surface area is 186 Å². The van der Waals surface area contributed by atoms with Crippen molar-refractivity contribution in [1.29, 1.82) is 0 Å². The maximum Gasteiger partial charge on any atom is 0.309 e. The van der Waals surface area contributed by atoms with Crippen molar-refractivity contribution in [3.8, 4) is 0 Å². The Morgan fingerprint density at radius 3 is 1.47 bits per heavy atom. The van der Waals surface area contributed by atoms with Crippen LogP contribution in [0.2, 0.25) is 0 Å². The van der Waals surface area contributed by atoms with Crippen LogP contribution < -0.4 is 5.11 Å². The molecule has 0 radical (unpaired) electrons. The van der Waals surface area contributed by atoms with E-state index in [0.29, 0.717) is 13.0 Å². The fourth-order valence-electron chi connectivity index (χ4n) is 3.91. The number of carbonyl (C=O) groups is 2. The van der Waals surface area contributed by atoms with Gasteiger partial charge in [-0.25, -0.2) is 0 Å². The third kappa shape index (κ3) is 20.2. The number of aliphatic carboxylic acids is 1. The highest BCUT2D eigenvalue weighted by molar-refractivity contribution is 5.78. The lowest BCUT2D eigenvalue weighted by molar-refractivity contribution is -0.306. The number of esters is 1. The van der Waals surface area contributed by atoms with Crippen LogP contribution in [0.1, 0.15) is 142 Å². The molecule has 0 aliphatic rings. The molecule has 0 saturated heterocycles. The van der Waals surface area contributed by atoms with E-state index >= 15 is 0 Å². The molecule has 0 amide bonds. The minimum absolute atomic E-state index is 0.215. The number of carboxylic acid groups (broad SMARTS) is 1. The first kappa shape index (κ1) is 28.9. The van der Waals surface area contributed by atoms with Crippen LogP contribution >= 0.6 is 0 Å². The van der Waals surface area contributed by atoms with Gasteiger partial charge in [-0.1, -0.05) is 123 Å². The molecule has 0 N–H and O–H groups in total. The van der Waals surface area contributed by atoms with Crippen LogP contribution in [0.3, 0.4) is 0 Å². The second-order valence-corrected chi connectivity index (χ2v) is 8.89. The molecule has 0 saturated carbocycles. The summed E-state index contributed by atoms with van der Waals surface area (Å²) in [6.45, 7) is 4.87. The second-order valence-electron chi connectivity index (χ2n) is 8.89. The van der Waals surface area contributed by atoms with E-state index in [9.17, 15) is 14.7 Å². The predicted octanol–water partition coefficient (Wildman–Crippen LogP) is 6.74. The summed E-state index contributed by atoms with van der Waals surface area (Å²) in [7, 11) is 0. The molecule has 4 nitrogen and oxygen atoms in total. The van der Waals surface area contributed by atoms with Crippen molar-refractivity contribution in [2.75, 3.05) is 6.61 Å². The first-order valence-corrected chi connectivity index (χ1v) is 13.0. The number of hydrogen-bond donors (Lipinski definition) is 0. The van der Waals surface area contributed by atoms with Crippen LogP contribution in [0.5, 0.6) is 0 Å². The van der Waals surface area contributed by atoms with Crippen LogP contribution in [-0.2, 0) is 14.3 Å². The van der Waals surface area contributed by atoms with Crippen molar-refractivity contribution >= 4 is 11.9 Å². The van der Waals surface area contributed by atoms with E-state index in [1.54, 1.807) is 0 Å². The van der Waals surface area contributed by atoms with Gasteiger partial charge in [0.25, 0.3) is 0 Å². The van der Waals surface area contributed by atoms with Gasteiger partial charge in [-0.05, 0) is 12.8 Å². The van der Waals surface area contributed by atoms with E-state index in [2.05, 4.69) is 13.8 Å². The van der Waals surface area contributed by atoms with Crippen LogP contribution in [-0.4, -0.2) is 18.5 Å². The Bertz CT molecular complexity index is 394. The Morgan fingerprint density at radius 1 is 0.633 bits per heavy atom. The molecule has 0 aliphatic carbocycles. The Kier molecular flexibility index (Phi) is 21.8. The summed E-state index contributed by atoms with van der Waals surface area (Å²) in [6, 6.07) is 0. The maximum absolute atomic E-state index is 12.3. The first-order valence-electron chi connectivity index (χ1n) is 13.0. The molecular formula is C26H49O4-. The lowest BCUT2D eigenvalue weighted by Gasteiger charge is -2.16. The van der Waals surface area contributed by atoms with Gasteiger partial charge in [0, 0.05) is 12.4 Å². The van der Waals surface area contributed by atoms with E-state index in [4.69, 9.17) is 4.74 Å². The van der Waals surface area contributed by atoms with Gasteiger partial charge in [0.2, 0.25) is 0 Å². The molecule has 0 heterocycles. The molecule has 0 spiro atoms. The van der Waals surface area contributed by atoms with Crippen LogP contribution in [0.25, 0.3) is 0 Å².